The van der Waals surface area contributed by atoms with Crippen molar-refractivity contribution in [1.29, 1.82) is 0 Å². The molecule has 0 amide bonds. The molecule has 0 rings (SSSR count). The Bertz CT molecular complexity index is 7.51. The Kier molecular flexibility index (Phi) is 4.00. The monoisotopic (exact) mass is 69.1 g/mol. The van der Waals surface area contributed by atoms with Gasteiger partial charge in [-0.25, -0.2) is 0 Å². The van der Waals surface area contributed by atoms with Crippen LogP contribution in [-0.2, 0) is 0 Å². The zero-order chi connectivity index (χ0) is 4.12. The van der Waals surface area contributed by atoms with Crippen LogP contribution in [0.15, 0.2) is 0 Å². The van der Waals surface area contributed by atoms with Crippen molar-refractivity contribution in [3.8, 4) is 0 Å². The van der Waals surface area contributed by atoms with Crippen molar-refractivity contribution in [3.05, 3.63) is 13.3 Å². The first-order chi connectivity index (χ1) is 2.41. The third-order valence-electron chi connectivity index (χ3n) is 0.455. The molecule has 0 aliphatic rings. The van der Waals surface area contributed by atoms with Crippen LogP contribution in [0.2, 0.25) is 0 Å². The van der Waals surface area contributed by atoms with Gasteiger partial charge in [-0.2, -0.15) is 0 Å². The van der Waals surface area contributed by atoms with Gasteiger partial charge in [-0.05, 0) is 19.8 Å². The number of hydrogen-bond donors (Lipinski definition) is 0. The minimum absolute atomic E-state index is 0.788. The molecule has 0 nitrogen and oxygen atoms in total. The highest BCUT2D eigenvalue weighted by atomic mass is 13.7. The molecule has 29 valence electrons. The van der Waals surface area contributed by atoms with Gasteiger partial charge in [-0.1, -0.05) is 13.3 Å². The highest BCUT2D eigenvalue weighted by Crippen LogP contribution is 1.86. The van der Waals surface area contributed by atoms with Gasteiger partial charge in [0, 0.05) is 0 Å². The molecule has 0 aromatic heterocycles. The third kappa shape index (κ3) is 4.00. The summed E-state index contributed by atoms with van der Waals surface area (Å²) in [5.41, 5.74) is 0. The number of rotatable bonds is 2. The molecular formula is C5H9. The van der Waals surface area contributed by atoms with Crippen LogP contribution in [0.3, 0.4) is 0 Å². The van der Waals surface area contributed by atoms with E-state index < -0.39 is 0 Å². The summed E-state index contributed by atoms with van der Waals surface area (Å²) < 4.78 is 0. The molecule has 0 N–H and O–H groups in total. The normalized spacial score (nSPS) is 8.40. The third-order valence-corrected chi connectivity index (χ3v) is 0.455. The van der Waals surface area contributed by atoms with Crippen molar-refractivity contribution in [1.82, 2.24) is 0 Å². The van der Waals surface area contributed by atoms with Gasteiger partial charge in [0.2, 0.25) is 0 Å². The predicted octanol–water partition coefficient (Wildman–Crippen LogP) is 1.70. The maximum Gasteiger partial charge on any atom is -0.0352 e. The first-order valence-corrected chi connectivity index (χ1v) is 1.89. The number of unbranched alkanes of at least 4 members (excludes halogenated alkanes) is 2. The molecule has 3 radical (unpaired) electrons. The van der Waals surface area contributed by atoms with Crippen molar-refractivity contribution in [2.75, 3.05) is 0 Å². The van der Waals surface area contributed by atoms with Crippen LogP contribution < -0.4 is 0 Å². The largest absolute Gasteiger partial charge is 0.0623 e. The first kappa shape index (κ1) is 5.00. The van der Waals surface area contributed by atoms with E-state index in [-0.39, 0.29) is 0 Å². The van der Waals surface area contributed by atoms with Crippen LogP contribution in [0.25, 0.3) is 0 Å². The van der Waals surface area contributed by atoms with Crippen molar-refractivity contribution < 1.29 is 0 Å². The molecule has 5 heavy (non-hydrogen) atoms. The molecule has 0 saturated heterocycles. The molecule has 0 aromatic carbocycles. The Balaban J connectivity index is 2.19. The predicted molar refractivity (Wildman–Crippen MR) is 23.5 cm³/mol. The SMILES string of the molecule is [CH]CC[CH]C. The maximum absolute atomic E-state index is 5.11. The molecule has 0 spiro atoms. The van der Waals surface area contributed by atoms with E-state index in [1.807, 2.05) is 6.92 Å². The molecule has 0 aliphatic heterocycles. The molecule has 0 saturated carbocycles. The lowest BCUT2D eigenvalue weighted by Crippen LogP contribution is -1.61. The van der Waals surface area contributed by atoms with Crippen molar-refractivity contribution in [2.45, 2.75) is 19.8 Å². The summed E-state index contributed by atoms with van der Waals surface area (Å²) in [4.78, 5) is 0. The summed E-state index contributed by atoms with van der Waals surface area (Å²) in [7, 11) is 0. The van der Waals surface area contributed by atoms with Crippen LogP contribution in [0.4, 0.5) is 0 Å². The fraction of sp³-hybridized carbons (Fsp3) is 0.600. The van der Waals surface area contributed by atoms with Crippen molar-refractivity contribution in [2.24, 2.45) is 0 Å². The lowest BCUT2D eigenvalue weighted by molar-refractivity contribution is 0.971. The van der Waals surface area contributed by atoms with Crippen LogP contribution >= 0.6 is 0 Å². The molecule has 0 aliphatic carbocycles. The summed E-state index contributed by atoms with van der Waals surface area (Å²) in [5, 5.41) is 0. The van der Waals surface area contributed by atoms with Gasteiger partial charge < -0.3 is 0 Å². The van der Waals surface area contributed by atoms with E-state index in [2.05, 4.69) is 6.42 Å². The van der Waals surface area contributed by atoms with Gasteiger partial charge in [-0.15, -0.1) is 0 Å². The summed E-state index contributed by atoms with van der Waals surface area (Å²) in [6.45, 7) is 7.11. The molecule has 0 heterocycles. The average Bonchev–Trinajstić information content (AvgIpc) is 1.41. The van der Waals surface area contributed by atoms with Crippen LogP contribution in [0, 0.1) is 13.3 Å². The van der Waals surface area contributed by atoms with E-state index in [0.717, 1.165) is 12.8 Å². The summed E-state index contributed by atoms with van der Waals surface area (Å²) in [6, 6.07) is 0. The Labute approximate surface area is 34.2 Å². The van der Waals surface area contributed by atoms with Gasteiger partial charge >= 0.3 is 0 Å². The molecule has 0 aromatic rings. The van der Waals surface area contributed by atoms with E-state index in [9.17, 15) is 0 Å². The summed E-state index contributed by atoms with van der Waals surface area (Å²) >= 11 is 0. The van der Waals surface area contributed by atoms with Crippen LogP contribution in [0.5, 0.6) is 0 Å². The lowest BCUT2D eigenvalue weighted by Gasteiger charge is -1.78. The molecule has 0 fully saturated rings. The van der Waals surface area contributed by atoms with Gasteiger partial charge in [0.1, 0.15) is 0 Å². The Morgan fingerprint density at radius 1 is 1.80 bits per heavy atom. The van der Waals surface area contributed by atoms with Crippen LogP contribution in [-0.4, -0.2) is 0 Å². The van der Waals surface area contributed by atoms with Crippen LogP contribution in [0.1, 0.15) is 19.8 Å². The standard InChI is InChI=1S/C5H9/c1-3-5-4-2/h1,4H,3,5H2,2H3. The Morgan fingerprint density at radius 3 is 2.40 bits per heavy atom. The fourth-order valence-corrected chi connectivity index (χ4v) is 0.167. The minimum Gasteiger partial charge on any atom is -0.0623 e. The number of hydrogen-bond acceptors (Lipinski definition) is 0. The minimum atomic E-state index is 0.788. The highest BCUT2D eigenvalue weighted by molar-refractivity contribution is 4.54. The molecule has 0 unspecified atom stereocenters. The fourth-order valence-electron chi connectivity index (χ4n) is 0.167. The molecule has 0 heteroatoms. The second-order valence-corrected chi connectivity index (χ2v) is 0.986. The van der Waals surface area contributed by atoms with Gasteiger partial charge in [0.15, 0.2) is 0 Å². The zero-order valence-corrected chi connectivity index (χ0v) is 3.57. The van der Waals surface area contributed by atoms with E-state index in [4.69, 9.17) is 6.92 Å². The van der Waals surface area contributed by atoms with Crippen molar-refractivity contribution >= 4 is 0 Å². The van der Waals surface area contributed by atoms with E-state index in [0.29, 0.717) is 0 Å². The second-order valence-electron chi connectivity index (χ2n) is 0.986. The molecular weight excluding hydrogens is 60.1 g/mol. The van der Waals surface area contributed by atoms with Gasteiger partial charge in [0.25, 0.3) is 0 Å². The van der Waals surface area contributed by atoms with Gasteiger partial charge in [0.05, 0.1) is 0 Å². The summed E-state index contributed by atoms with van der Waals surface area (Å²) in [6.07, 6.45) is 3.89. The van der Waals surface area contributed by atoms with E-state index in [1.165, 1.54) is 0 Å². The van der Waals surface area contributed by atoms with E-state index >= 15 is 0 Å². The van der Waals surface area contributed by atoms with Gasteiger partial charge in [-0.3, -0.25) is 0 Å². The van der Waals surface area contributed by atoms with E-state index in [1.54, 1.807) is 0 Å². The molecule has 0 bridgehead atoms. The topological polar surface area (TPSA) is 0 Å². The first-order valence-electron chi connectivity index (χ1n) is 1.89. The molecule has 0 atom stereocenters. The Hall–Kier alpha value is 0. The van der Waals surface area contributed by atoms with Crippen molar-refractivity contribution in [3.63, 3.8) is 0 Å². The second kappa shape index (κ2) is 4.00. The lowest BCUT2D eigenvalue weighted by atomic mass is 10.3. The highest BCUT2D eigenvalue weighted by Gasteiger charge is 1.69. The average molecular weight is 69.1 g/mol. The Morgan fingerprint density at radius 2 is 2.40 bits per heavy atom. The maximum atomic E-state index is 5.11. The smallest absolute Gasteiger partial charge is 0.0352 e. The quantitative estimate of drug-likeness (QED) is 0.463. The zero-order valence-electron chi connectivity index (χ0n) is 3.57. The summed E-state index contributed by atoms with van der Waals surface area (Å²) in [5.74, 6) is 0.